The number of hydrogen-bond acceptors (Lipinski definition) is 5. The molecule has 1 fully saturated rings. The van der Waals surface area contributed by atoms with Gasteiger partial charge in [-0.15, -0.1) is 10.2 Å². The first-order valence-electron chi connectivity index (χ1n) is 9.17. The van der Waals surface area contributed by atoms with E-state index in [1.165, 1.54) is 12.1 Å². The van der Waals surface area contributed by atoms with Gasteiger partial charge in [-0.2, -0.15) is 0 Å². The van der Waals surface area contributed by atoms with Crippen LogP contribution in [0.3, 0.4) is 0 Å². The summed E-state index contributed by atoms with van der Waals surface area (Å²) in [5.74, 6) is -0.0510. The van der Waals surface area contributed by atoms with Gasteiger partial charge in [-0.1, -0.05) is 29.3 Å². The average Bonchev–Trinajstić information content (AvgIpc) is 3.56. The third kappa shape index (κ3) is 4.87. The summed E-state index contributed by atoms with van der Waals surface area (Å²) in [6, 6.07) is 14.9. The molecule has 0 bridgehead atoms. The number of aromatic nitrogens is 2. The molecule has 1 saturated carbocycles. The largest absolute Gasteiger partial charge is 0.436 e. The SMILES string of the molecule is O=C(NC1CC1)c1ccc(NC(=O)c2ccc(Oc3cccc(Cl)c3Cl)nn2)cc1. The highest BCUT2D eigenvalue weighted by atomic mass is 35.5. The van der Waals surface area contributed by atoms with E-state index in [2.05, 4.69) is 20.8 Å². The number of benzene rings is 2. The fourth-order valence-electron chi connectivity index (χ4n) is 2.57. The highest BCUT2D eigenvalue weighted by Crippen LogP contribution is 2.33. The number of carbonyl (C=O) groups excluding carboxylic acids is 2. The van der Waals surface area contributed by atoms with E-state index in [4.69, 9.17) is 27.9 Å². The van der Waals surface area contributed by atoms with Gasteiger partial charge in [0.1, 0.15) is 10.8 Å². The number of hydrogen-bond donors (Lipinski definition) is 2. The lowest BCUT2D eigenvalue weighted by atomic mass is 10.2. The first-order chi connectivity index (χ1) is 14.5. The van der Waals surface area contributed by atoms with Crippen LogP contribution in [0.4, 0.5) is 5.69 Å². The molecule has 3 aromatic rings. The predicted octanol–water partition coefficient (Wildman–Crippen LogP) is 4.72. The molecule has 1 heterocycles. The summed E-state index contributed by atoms with van der Waals surface area (Å²) in [4.78, 5) is 24.4. The van der Waals surface area contributed by atoms with Crippen LogP contribution in [0.1, 0.15) is 33.7 Å². The Morgan fingerprint density at radius 2 is 1.70 bits per heavy atom. The van der Waals surface area contributed by atoms with Crippen LogP contribution in [0.2, 0.25) is 10.0 Å². The zero-order valence-corrected chi connectivity index (χ0v) is 17.1. The summed E-state index contributed by atoms with van der Waals surface area (Å²) >= 11 is 12.0. The summed E-state index contributed by atoms with van der Waals surface area (Å²) < 4.78 is 5.55. The minimum Gasteiger partial charge on any atom is -0.436 e. The molecule has 4 rings (SSSR count). The summed E-state index contributed by atoms with van der Waals surface area (Å²) in [7, 11) is 0. The van der Waals surface area contributed by atoms with Crippen LogP contribution in [0.15, 0.2) is 54.6 Å². The number of carbonyl (C=O) groups is 2. The number of nitrogens with one attached hydrogen (secondary N) is 2. The van der Waals surface area contributed by atoms with Crippen LogP contribution in [-0.4, -0.2) is 28.1 Å². The van der Waals surface area contributed by atoms with E-state index in [1.54, 1.807) is 42.5 Å². The molecule has 2 N–H and O–H groups in total. The lowest BCUT2D eigenvalue weighted by Gasteiger charge is -2.08. The highest BCUT2D eigenvalue weighted by Gasteiger charge is 2.23. The van der Waals surface area contributed by atoms with Crippen LogP contribution in [-0.2, 0) is 0 Å². The lowest BCUT2D eigenvalue weighted by Crippen LogP contribution is -2.25. The Balaban J connectivity index is 1.37. The number of ether oxygens (including phenoxy) is 1. The summed E-state index contributed by atoms with van der Waals surface area (Å²) in [6.45, 7) is 0. The fourth-order valence-corrected chi connectivity index (χ4v) is 2.90. The van der Waals surface area contributed by atoms with Crippen molar-refractivity contribution < 1.29 is 14.3 Å². The lowest BCUT2D eigenvalue weighted by molar-refractivity contribution is 0.0950. The van der Waals surface area contributed by atoms with E-state index >= 15 is 0 Å². The molecule has 1 aliphatic carbocycles. The molecule has 1 aromatic heterocycles. The number of anilines is 1. The van der Waals surface area contributed by atoms with Crippen molar-refractivity contribution in [1.82, 2.24) is 15.5 Å². The maximum absolute atomic E-state index is 12.4. The van der Waals surface area contributed by atoms with Crippen molar-refractivity contribution in [2.24, 2.45) is 0 Å². The van der Waals surface area contributed by atoms with Crippen molar-refractivity contribution in [3.63, 3.8) is 0 Å². The Labute approximate surface area is 182 Å². The maximum atomic E-state index is 12.4. The van der Waals surface area contributed by atoms with E-state index in [-0.39, 0.29) is 28.5 Å². The monoisotopic (exact) mass is 442 g/mol. The highest BCUT2D eigenvalue weighted by molar-refractivity contribution is 6.42. The van der Waals surface area contributed by atoms with Gasteiger partial charge in [-0.25, -0.2) is 0 Å². The third-order valence-corrected chi connectivity index (χ3v) is 5.12. The molecular formula is C21H16Cl2N4O3. The topological polar surface area (TPSA) is 93.2 Å². The predicted molar refractivity (Wildman–Crippen MR) is 113 cm³/mol. The third-order valence-electron chi connectivity index (χ3n) is 4.32. The van der Waals surface area contributed by atoms with Crippen molar-refractivity contribution in [2.45, 2.75) is 18.9 Å². The van der Waals surface area contributed by atoms with Crippen LogP contribution in [0.25, 0.3) is 0 Å². The molecule has 2 amide bonds. The smallest absolute Gasteiger partial charge is 0.276 e. The maximum Gasteiger partial charge on any atom is 0.276 e. The molecule has 0 radical (unpaired) electrons. The van der Waals surface area contributed by atoms with Gasteiger partial charge >= 0.3 is 0 Å². The van der Waals surface area contributed by atoms with E-state index in [0.717, 1.165) is 12.8 Å². The minimum absolute atomic E-state index is 0.107. The van der Waals surface area contributed by atoms with Gasteiger partial charge in [0.25, 0.3) is 11.8 Å². The summed E-state index contributed by atoms with van der Waals surface area (Å²) in [5.41, 5.74) is 1.19. The van der Waals surface area contributed by atoms with Crippen LogP contribution >= 0.6 is 23.2 Å². The Morgan fingerprint density at radius 1 is 0.933 bits per heavy atom. The molecule has 0 saturated heterocycles. The van der Waals surface area contributed by atoms with Gasteiger partial charge in [0.05, 0.1) is 5.02 Å². The standard InChI is InChI=1S/C21H16Cl2N4O3/c22-15-2-1-3-17(19(15)23)30-18-11-10-16(26-27-18)21(29)25-13-6-4-12(5-7-13)20(28)24-14-8-9-14/h1-7,10-11,14H,8-9H2,(H,24,28)(H,25,29). The first-order valence-corrected chi connectivity index (χ1v) is 9.93. The second-order valence-electron chi connectivity index (χ2n) is 6.69. The van der Waals surface area contributed by atoms with Crippen LogP contribution in [0.5, 0.6) is 11.6 Å². The molecule has 0 spiro atoms. The number of rotatable bonds is 6. The second-order valence-corrected chi connectivity index (χ2v) is 7.48. The molecule has 152 valence electrons. The molecule has 2 aromatic carbocycles. The molecule has 1 aliphatic rings. The Bertz CT molecular complexity index is 1080. The van der Waals surface area contributed by atoms with E-state index < -0.39 is 5.91 Å². The van der Waals surface area contributed by atoms with Gasteiger partial charge in [-0.3, -0.25) is 9.59 Å². The minimum atomic E-state index is -0.440. The quantitative estimate of drug-likeness (QED) is 0.575. The Kier molecular flexibility index (Phi) is 5.83. The normalized spacial score (nSPS) is 12.9. The van der Waals surface area contributed by atoms with Crippen LogP contribution in [0, 0.1) is 0 Å². The van der Waals surface area contributed by atoms with E-state index in [0.29, 0.717) is 22.0 Å². The van der Waals surface area contributed by atoms with Gasteiger partial charge < -0.3 is 15.4 Å². The Hall–Kier alpha value is -3.16. The van der Waals surface area contributed by atoms with E-state index in [9.17, 15) is 9.59 Å². The average molecular weight is 443 g/mol. The van der Waals surface area contributed by atoms with E-state index in [1.807, 2.05) is 0 Å². The van der Waals surface area contributed by atoms with Gasteiger partial charge in [0, 0.05) is 23.4 Å². The molecular weight excluding hydrogens is 427 g/mol. The van der Waals surface area contributed by atoms with Crippen molar-refractivity contribution in [3.05, 3.63) is 75.9 Å². The van der Waals surface area contributed by atoms with Crippen LogP contribution < -0.4 is 15.4 Å². The zero-order valence-electron chi connectivity index (χ0n) is 15.6. The zero-order chi connectivity index (χ0) is 21.1. The number of nitrogens with zero attached hydrogens (tertiary/aromatic N) is 2. The molecule has 30 heavy (non-hydrogen) atoms. The summed E-state index contributed by atoms with van der Waals surface area (Å²) in [5, 5.41) is 14.0. The molecule has 0 atom stereocenters. The van der Waals surface area contributed by atoms with Gasteiger partial charge in [0.2, 0.25) is 5.88 Å². The molecule has 9 heteroatoms. The molecule has 0 unspecified atom stereocenters. The molecule has 0 aliphatic heterocycles. The number of amides is 2. The van der Waals surface area contributed by atoms with Crippen molar-refractivity contribution in [3.8, 4) is 11.6 Å². The van der Waals surface area contributed by atoms with Crippen molar-refractivity contribution in [1.29, 1.82) is 0 Å². The Morgan fingerprint density at radius 3 is 2.37 bits per heavy atom. The first kappa shape index (κ1) is 20.1. The van der Waals surface area contributed by atoms with Gasteiger partial charge in [0.15, 0.2) is 5.69 Å². The molecule has 7 nitrogen and oxygen atoms in total. The van der Waals surface area contributed by atoms with Crippen molar-refractivity contribution in [2.75, 3.05) is 5.32 Å². The number of halogens is 2. The fraction of sp³-hybridized carbons (Fsp3) is 0.143. The second kappa shape index (κ2) is 8.69. The van der Waals surface area contributed by atoms with Gasteiger partial charge in [-0.05, 0) is 55.3 Å². The summed E-state index contributed by atoms with van der Waals surface area (Å²) in [6.07, 6.45) is 2.05. The van der Waals surface area contributed by atoms with Crippen molar-refractivity contribution >= 4 is 40.7 Å².